The molecular weight excluding hydrogens is 272 g/mol. The minimum atomic E-state index is -0.225. The number of halogens is 1. The van der Waals surface area contributed by atoms with Gasteiger partial charge in [0.05, 0.1) is 6.61 Å². The van der Waals surface area contributed by atoms with Crippen molar-refractivity contribution >= 4 is 21.9 Å². The third kappa shape index (κ3) is 7.29. The summed E-state index contributed by atoms with van der Waals surface area (Å²) in [7, 11) is 0. The number of aliphatic hydroxyl groups excluding tert-OH is 1. The number of ether oxygens (including phenoxy) is 1. The Morgan fingerprint density at radius 3 is 2.62 bits per heavy atom. The maximum absolute atomic E-state index is 10.8. The number of esters is 1. The third-order valence-corrected chi connectivity index (χ3v) is 2.15. The number of hydrogen-bond acceptors (Lipinski definition) is 3. The summed E-state index contributed by atoms with van der Waals surface area (Å²) in [6.45, 7) is 7.44. The maximum Gasteiger partial charge on any atom is 0.305 e. The number of hydrogen-bond donors (Lipinski definition) is 1. The van der Waals surface area contributed by atoms with Gasteiger partial charge in [0, 0.05) is 17.3 Å². The Hall–Kier alpha value is -1.03. The number of rotatable bonds is 6. The summed E-state index contributed by atoms with van der Waals surface area (Å²) in [5.74, 6) is -0.0511. The van der Waals surface area contributed by atoms with Crippen molar-refractivity contribution in [2.24, 2.45) is 0 Å². The molecule has 0 radical (unpaired) electrons. The van der Waals surface area contributed by atoms with Crippen molar-refractivity contribution in [3.63, 3.8) is 0 Å². The van der Waals surface area contributed by atoms with Crippen LogP contribution >= 0.6 is 15.9 Å². The van der Waals surface area contributed by atoms with E-state index in [4.69, 9.17) is 4.74 Å². The number of aliphatic hydroxyl groups is 1. The van der Waals surface area contributed by atoms with E-state index in [1.807, 2.05) is 0 Å². The molecule has 0 saturated heterocycles. The van der Waals surface area contributed by atoms with Gasteiger partial charge in [0.2, 0.25) is 0 Å². The molecule has 0 spiro atoms. The van der Waals surface area contributed by atoms with Crippen LogP contribution in [0.4, 0.5) is 0 Å². The lowest BCUT2D eigenvalue weighted by molar-refractivity contribution is -0.143. The molecule has 0 amide bonds. The average Bonchev–Trinajstić information content (AvgIpc) is 2.25. The Morgan fingerprint density at radius 1 is 1.50 bits per heavy atom. The lowest BCUT2D eigenvalue weighted by Gasteiger charge is -2.04. The lowest BCUT2D eigenvalue weighted by Crippen LogP contribution is -2.04. The van der Waals surface area contributed by atoms with Gasteiger partial charge in [0.25, 0.3) is 0 Å². The van der Waals surface area contributed by atoms with Crippen molar-refractivity contribution in [2.45, 2.75) is 26.7 Å². The highest BCUT2D eigenvalue weighted by molar-refractivity contribution is 9.11. The first-order chi connectivity index (χ1) is 7.47. The summed E-state index contributed by atoms with van der Waals surface area (Å²) in [4.78, 5) is 10.8. The highest BCUT2D eigenvalue weighted by Gasteiger charge is 2.01. The second kappa shape index (κ2) is 8.16. The monoisotopic (exact) mass is 288 g/mol. The minimum Gasteiger partial charge on any atom is -0.508 e. The quantitative estimate of drug-likeness (QED) is 0.461. The Bertz CT molecular complexity index is 316. The topological polar surface area (TPSA) is 46.5 Å². The van der Waals surface area contributed by atoms with Crippen molar-refractivity contribution in [3.8, 4) is 0 Å². The van der Waals surface area contributed by atoms with Gasteiger partial charge in [0.1, 0.15) is 5.76 Å². The molecular formula is C12H17BrO3. The van der Waals surface area contributed by atoms with Crippen LogP contribution in [0.15, 0.2) is 34.5 Å². The predicted molar refractivity (Wildman–Crippen MR) is 68.4 cm³/mol. The van der Waals surface area contributed by atoms with E-state index in [-0.39, 0.29) is 11.7 Å². The normalized spacial score (nSPS) is 12.4. The summed E-state index contributed by atoms with van der Waals surface area (Å²) in [5, 5.41) is 9.58. The molecule has 0 aromatic heterocycles. The molecule has 0 heterocycles. The number of carbonyl (C=O) groups excluding carboxylic acids is 1. The summed E-state index contributed by atoms with van der Waals surface area (Å²) in [6.07, 6.45) is 4.10. The zero-order valence-corrected chi connectivity index (χ0v) is 11.2. The Labute approximate surface area is 105 Å². The zero-order chi connectivity index (χ0) is 12.6. The van der Waals surface area contributed by atoms with E-state index in [0.29, 0.717) is 23.9 Å². The Kier molecular flexibility index (Phi) is 7.64. The van der Waals surface area contributed by atoms with E-state index >= 15 is 0 Å². The number of allylic oxidation sites excluding steroid dienone is 3. The van der Waals surface area contributed by atoms with Gasteiger partial charge in [-0.1, -0.05) is 29.4 Å². The first-order valence-corrected chi connectivity index (χ1v) is 5.83. The van der Waals surface area contributed by atoms with Gasteiger partial charge in [0.15, 0.2) is 0 Å². The first kappa shape index (κ1) is 15.0. The van der Waals surface area contributed by atoms with Gasteiger partial charge < -0.3 is 9.84 Å². The zero-order valence-electron chi connectivity index (χ0n) is 9.62. The standard InChI is InChI=1S/C12H17BrO3/c1-4-12(15)16-8-7-9(2)11(14)6-5-10(3)13/h5-6,14H,3-4,7-8H2,1-2H3/b6-5-,11-9-. The predicted octanol–water partition coefficient (Wildman–Crippen LogP) is 3.63. The van der Waals surface area contributed by atoms with Crippen LogP contribution in [0.25, 0.3) is 0 Å². The molecule has 0 aromatic carbocycles. The number of carbonyl (C=O) groups is 1. The molecule has 0 atom stereocenters. The van der Waals surface area contributed by atoms with E-state index in [1.54, 1.807) is 26.0 Å². The van der Waals surface area contributed by atoms with E-state index in [2.05, 4.69) is 22.5 Å². The maximum atomic E-state index is 10.8. The summed E-state index contributed by atoms with van der Waals surface area (Å²) >= 11 is 3.15. The van der Waals surface area contributed by atoms with Crippen molar-refractivity contribution in [1.29, 1.82) is 0 Å². The Morgan fingerprint density at radius 2 is 2.12 bits per heavy atom. The van der Waals surface area contributed by atoms with Gasteiger partial charge in [-0.15, -0.1) is 0 Å². The highest BCUT2D eigenvalue weighted by atomic mass is 79.9. The molecule has 0 aliphatic carbocycles. The average molecular weight is 289 g/mol. The second-order valence-corrected chi connectivity index (χ2v) is 4.29. The fraction of sp³-hybridized carbons (Fsp3) is 0.417. The molecule has 0 saturated carbocycles. The smallest absolute Gasteiger partial charge is 0.305 e. The van der Waals surface area contributed by atoms with Crippen LogP contribution in [0.2, 0.25) is 0 Å². The molecule has 0 bridgehead atoms. The third-order valence-electron chi connectivity index (χ3n) is 1.89. The van der Waals surface area contributed by atoms with Crippen LogP contribution in [0.1, 0.15) is 26.7 Å². The molecule has 0 fully saturated rings. The molecule has 0 rings (SSSR count). The molecule has 0 unspecified atom stereocenters. The summed E-state index contributed by atoms with van der Waals surface area (Å²) < 4.78 is 5.59. The SMILES string of the molecule is C=C(Br)/C=C\C(O)=C(/C)CCOC(=O)CC. The van der Waals surface area contributed by atoms with Gasteiger partial charge >= 0.3 is 5.97 Å². The Balaban J connectivity index is 4.11. The highest BCUT2D eigenvalue weighted by Crippen LogP contribution is 2.10. The van der Waals surface area contributed by atoms with Crippen LogP contribution in [0.5, 0.6) is 0 Å². The van der Waals surface area contributed by atoms with E-state index < -0.39 is 0 Å². The first-order valence-electron chi connectivity index (χ1n) is 5.04. The summed E-state index contributed by atoms with van der Waals surface area (Å²) in [5.41, 5.74) is 0.772. The van der Waals surface area contributed by atoms with E-state index in [1.165, 1.54) is 0 Å². The molecule has 0 aromatic rings. The van der Waals surface area contributed by atoms with Gasteiger partial charge in [-0.2, -0.15) is 0 Å². The lowest BCUT2D eigenvalue weighted by atomic mass is 10.2. The molecule has 0 aliphatic rings. The molecule has 90 valence electrons. The van der Waals surface area contributed by atoms with Crippen molar-refractivity contribution < 1.29 is 14.6 Å². The molecule has 4 heteroatoms. The minimum absolute atomic E-state index is 0.174. The van der Waals surface area contributed by atoms with E-state index in [0.717, 1.165) is 5.57 Å². The fourth-order valence-corrected chi connectivity index (χ4v) is 0.992. The summed E-state index contributed by atoms with van der Waals surface area (Å²) in [6, 6.07) is 0. The largest absolute Gasteiger partial charge is 0.508 e. The molecule has 0 aliphatic heterocycles. The van der Waals surface area contributed by atoms with Gasteiger partial charge in [-0.05, 0) is 24.6 Å². The second-order valence-electron chi connectivity index (χ2n) is 3.27. The van der Waals surface area contributed by atoms with Crippen molar-refractivity contribution in [1.82, 2.24) is 0 Å². The van der Waals surface area contributed by atoms with Crippen LogP contribution in [0, 0.1) is 0 Å². The fourth-order valence-electron chi connectivity index (χ4n) is 0.860. The van der Waals surface area contributed by atoms with Gasteiger partial charge in [-0.25, -0.2) is 0 Å². The van der Waals surface area contributed by atoms with Crippen molar-refractivity contribution in [2.75, 3.05) is 6.61 Å². The van der Waals surface area contributed by atoms with E-state index in [9.17, 15) is 9.90 Å². The van der Waals surface area contributed by atoms with Crippen LogP contribution in [0.3, 0.4) is 0 Å². The van der Waals surface area contributed by atoms with Crippen LogP contribution in [-0.4, -0.2) is 17.7 Å². The van der Waals surface area contributed by atoms with Crippen LogP contribution < -0.4 is 0 Å². The molecule has 1 N–H and O–H groups in total. The van der Waals surface area contributed by atoms with Crippen LogP contribution in [-0.2, 0) is 9.53 Å². The molecule has 3 nitrogen and oxygen atoms in total. The van der Waals surface area contributed by atoms with Gasteiger partial charge in [-0.3, -0.25) is 4.79 Å². The van der Waals surface area contributed by atoms with Crippen molar-refractivity contribution in [3.05, 3.63) is 34.5 Å². The molecule has 16 heavy (non-hydrogen) atoms.